The molecule has 0 saturated heterocycles. The van der Waals surface area contributed by atoms with Gasteiger partial charge in [0.1, 0.15) is 10.0 Å². The van der Waals surface area contributed by atoms with E-state index >= 15 is 0 Å². The molecule has 3 aromatic rings. The van der Waals surface area contributed by atoms with E-state index in [0.29, 0.717) is 17.1 Å². The van der Waals surface area contributed by atoms with Crippen molar-refractivity contribution in [2.45, 2.75) is 24.1 Å². The number of carbonyl (C=O) groups excluding carboxylic acids is 1. The molecular formula is C17H18N4O3S2. The highest BCUT2D eigenvalue weighted by molar-refractivity contribution is 7.94. The maximum atomic E-state index is 12.5. The first-order valence-corrected chi connectivity index (χ1v) is 10.2. The molecule has 9 heteroatoms. The molecule has 7 nitrogen and oxygen atoms in total. The molecule has 0 atom stereocenters. The van der Waals surface area contributed by atoms with E-state index in [-0.39, 0.29) is 16.2 Å². The minimum atomic E-state index is -3.66. The number of nitrogens with one attached hydrogen (secondary N) is 2. The van der Waals surface area contributed by atoms with Gasteiger partial charge in [-0.05, 0) is 43.5 Å². The Morgan fingerprint density at radius 3 is 2.69 bits per heavy atom. The zero-order chi connectivity index (χ0) is 18.7. The summed E-state index contributed by atoms with van der Waals surface area (Å²) in [5.74, 6) is 0.235. The van der Waals surface area contributed by atoms with Crippen LogP contribution < -0.4 is 10.0 Å². The standard InChI is InChI=1S/C17H18N4O3S2/c1-12(2)21-15(8-9-18-21)19-17(22)13-5-3-6-14(11-13)20-26(23,24)16-7-4-10-25-16/h3-12,20H,1-2H3,(H,19,22). The van der Waals surface area contributed by atoms with Crippen molar-refractivity contribution in [1.29, 1.82) is 0 Å². The van der Waals surface area contributed by atoms with Gasteiger partial charge in [-0.3, -0.25) is 9.52 Å². The second kappa shape index (κ2) is 7.30. The van der Waals surface area contributed by atoms with E-state index in [2.05, 4.69) is 15.1 Å². The van der Waals surface area contributed by atoms with Gasteiger partial charge in [0.15, 0.2) is 0 Å². The Morgan fingerprint density at radius 1 is 1.19 bits per heavy atom. The van der Waals surface area contributed by atoms with Crippen LogP contribution in [0.2, 0.25) is 0 Å². The quantitative estimate of drug-likeness (QED) is 0.673. The van der Waals surface area contributed by atoms with Gasteiger partial charge in [0.25, 0.3) is 15.9 Å². The summed E-state index contributed by atoms with van der Waals surface area (Å²) in [5, 5.41) is 8.65. The predicted octanol–water partition coefficient (Wildman–Crippen LogP) is 3.58. The Balaban J connectivity index is 1.79. The molecule has 0 bridgehead atoms. The van der Waals surface area contributed by atoms with Crippen molar-refractivity contribution < 1.29 is 13.2 Å². The molecule has 0 spiro atoms. The zero-order valence-corrected chi connectivity index (χ0v) is 15.8. The van der Waals surface area contributed by atoms with Crippen LogP contribution in [-0.2, 0) is 10.0 Å². The van der Waals surface area contributed by atoms with Crippen molar-refractivity contribution >= 4 is 38.8 Å². The first-order chi connectivity index (χ1) is 12.4. The van der Waals surface area contributed by atoms with Gasteiger partial charge in [-0.15, -0.1) is 11.3 Å². The molecule has 136 valence electrons. The fourth-order valence-electron chi connectivity index (χ4n) is 2.36. The van der Waals surface area contributed by atoms with Gasteiger partial charge in [-0.25, -0.2) is 13.1 Å². The summed E-state index contributed by atoms with van der Waals surface area (Å²) in [6, 6.07) is 11.3. The molecule has 1 aromatic carbocycles. The SMILES string of the molecule is CC(C)n1nccc1NC(=O)c1cccc(NS(=O)(=O)c2cccs2)c1. The first-order valence-electron chi connectivity index (χ1n) is 7.88. The lowest BCUT2D eigenvalue weighted by Gasteiger charge is -2.12. The summed E-state index contributed by atoms with van der Waals surface area (Å²) in [7, 11) is -3.66. The minimum absolute atomic E-state index is 0.101. The largest absolute Gasteiger partial charge is 0.307 e. The number of rotatable bonds is 6. The van der Waals surface area contributed by atoms with E-state index in [1.807, 2.05) is 13.8 Å². The molecule has 0 unspecified atom stereocenters. The third-order valence-corrected chi connectivity index (χ3v) is 6.32. The number of sulfonamides is 1. The number of nitrogens with zero attached hydrogens (tertiary/aromatic N) is 2. The number of anilines is 2. The van der Waals surface area contributed by atoms with Crippen molar-refractivity contribution in [3.05, 3.63) is 59.6 Å². The fraction of sp³-hybridized carbons (Fsp3) is 0.176. The predicted molar refractivity (Wildman–Crippen MR) is 102 cm³/mol. The molecule has 2 aromatic heterocycles. The van der Waals surface area contributed by atoms with Crippen LogP contribution >= 0.6 is 11.3 Å². The number of benzene rings is 1. The molecule has 2 N–H and O–H groups in total. The lowest BCUT2D eigenvalue weighted by Crippen LogP contribution is -2.17. The number of carbonyl (C=O) groups is 1. The smallest absolute Gasteiger partial charge is 0.271 e. The molecule has 0 aliphatic heterocycles. The summed E-state index contributed by atoms with van der Waals surface area (Å²) in [4.78, 5) is 12.5. The summed E-state index contributed by atoms with van der Waals surface area (Å²) in [5.41, 5.74) is 0.663. The lowest BCUT2D eigenvalue weighted by atomic mass is 10.2. The maximum Gasteiger partial charge on any atom is 0.271 e. The minimum Gasteiger partial charge on any atom is -0.307 e. The Morgan fingerprint density at radius 2 is 2.00 bits per heavy atom. The van der Waals surface area contributed by atoms with Crippen molar-refractivity contribution in [3.8, 4) is 0 Å². The van der Waals surface area contributed by atoms with Gasteiger partial charge in [0.05, 0.1) is 6.20 Å². The normalized spacial score (nSPS) is 11.5. The summed E-state index contributed by atoms with van der Waals surface area (Å²) in [6.07, 6.45) is 1.61. The van der Waals surface area contributed by atoms with Crippen LogP contribution in [0, 0.1) is 0 Å². The van der Waals surface area contributed by atoms with E-state index in [1.165, 1.54) is 12.1 Å². The topological polar surface area (TPSA) is 93.1 Å². The van der Waals surface area contributed by atoms with E-state index < -0.39 is 10.0 Å². The van der Waals surface area contributed by atoms with Crippen LogP contribution in [0.3, 0.4) is 0 Å². The number of hydrogen-bond acceptors (Lipinski definition) is 5. The van der Waals surface area contributed by atoms with E-state index in [9.17, 15) is 13.2 Å². The molecule has 1 amide bonds. The zero-order valence-electron chi connectivity index (χ0n) is 14.2. The third-order valence-electron chi connectivity index (χ3n) is 3.54. The average Bonchev–Trinajstić information content (AvgIpc) is 3.26. The van der Waals surface area contributed by atoms with Crippen molar-refractivity contribution in [3.63, 3.8) is 0 Å². The van der Waals surface area contributed by atoms with Gasteiger partial charge in [0.2, 0.25) is 0 Å². The Labute approximate surface area is 155 Å². The van der Waals surface area contributed by atoms with Crippen molar-refractivity contribution in [2.75, 3.05) is 10.0 Å². The van der Waals surface area contributed by atoms with Crippen LogP contribution in [-0.4, -0.2) is 24.1 Å². The van der Waals surface area contributed by atoms with Gasteiger partial charge in [-0.2, -0.15) is 5.10 Å². The Kier molecular flexibility index (Phi) is 5.10. The highest BCUT2D eigenvalue weighted by Gasteiger charge is 2.16. The molecule has 26 heavy (non-hydrogen) atoms. The van der Waals surface area contributed by atoms with E-state index in [1.54, 1.807) is 46.6 Å². The van der Waals surface area contributed by atoms with Gasteiger partial charge >= 0.3 is 0 Å². The molecule has 0 aliphatic carbocycles. The number of amides is 1. The monoisotopic (exact) mass is 390 g/mol. The summed E-state index contributed by atoms with van der Waals surface area (Å²) < 4.78 is 29.0. The second-order valence-corrected chi connectivity index (χ2v) is 8.68. The average molecular weight is 390 g/mol. The molecular weight excluding hydrogens is 372 g/mol. The van der Waals surface area contributed by atoms with Crippen LogP contribution in [0.4, 0.5) is 11.5 Å². The fourth-order valence-corrected chi connectivity index (χ4v) is 4.40. The molecule has 0 fully saturated rings. The van der Waals surface area contributed by atoms with Crippen LogP contribution in [0.1, 0.15) is 30.2 Å². The first kappa shape index (κ1) is 18.2. The maximum absolute atomic E-state index is 12.5. The van der Waals surface area contributed by atoms with Crippen molar-refractivity contribution in [1.82, 2.24) is 9.78 Å². The lowest BCUT2D eigenvalue weighted by molar-refractivity contribution is 0.102. The Bertz CT molecular complexity index is 1010. The number of aromatic nitrogens is 2. The van der Waals surface area contributed by atoms with E-state index in [4.69, 9.17) is 0 Å². The molecule has 3 rings (SSSR count). The molecule has 0 aliphatic rings. The number of hydrogen-bond donors (Lipinski definition) is 2. The Hall–Kier alpha value is -2.65. The van der Waals surface area contributed by atoms with Crippen molar-refractivity contribution in [2.24, 2.45) is 0 Å². The van der Waals surface area contributed by atoms with Crippen LogP contribution in [0.25, 0.3) is 0 Å². The summed E-state index contributed by atoms with van der Waals surface area (Å²) >= 11 is 1.13. The molecule has 0 radical (unpaired) electrons. The molecule has 0 saturated carbocycles. The highest BCUT2D eigenvalue weighted by atomic mass is 32.2. The van der Waals surface area contributed by atoms with Crippen LogP contribution in [0.5, 0.6) is 0 Å². The van der Waals surface area contributed by atoms with E-state index in [0.717, 1.165) is 11.3 Å². The highest BCUT2D eigenvalue weighted by Crippen LogP contribution is 2.21. The molecule has 2 heterocycles. The summed E-state index contributed by atoms with van der Waals surface area (Å²) in [6.45, 7) is 3.92. The second-order valence-electron chi connectivity index (χ2n) is 5.83. The van der Waals surface area contributed by atoms with Gasteiger partial charge in [-0.1, -0.05) is 12.1 Å². The van der Waals surface area contributed by atoms with Gasteiger partial charge in [0, 0.05) is 23.4 Å². The van der Waals surface area contributed by atoms with Gasteiger partial charge < -0.3 is 5.32 Å². The number of thiophene rings is 1. The van der Waals surface area contributed by atoms with Crippen LogP contribution in [0.15, 0.2) is 58.3 Å². The third kappa shape index (κ3) is 3.94.